The van der Waals surface area contributed by atoms with Gasteiger partial charge in [0.05, 0.1) is 18.4 Å². The van der Waals surface area contributed by atoms with Crippen LogP contribution in [0.1, 0.15) is 42.4 Å². The van der Waals surface area contributed by atoms with E-state index in [1.165, 1.54) is 6.08 Å². The first kappa shape index (κ1) is 23.7. The maximum atomic E-state index is 11.5. The van der Waals surface area contributed by atoms with Gasteiger partial charge in [-0.25, -0.2) is 9.78 Å². The number of carboxylic acid groups (broad SMARTS) is 1. The van der Waals surface area contributed by atoms with Gasteiger partial charge in [-0.3, -0.25) is 0 Å². The lowest BCUT2D eigenvalue weighted by atomic mass is 10.0. The number of aliphatic carboxylic acids is 1. The molecule has 0 amide bonds. The first-order valence-electron chi connectivity index (χ1n) is 9.84. The molecular weight excluding hydrogens is 419 g/mol. The van der Waals surface area contributed by atoms with Gasteiger partial charge < -0.3 is 9.67 Å². The molecule has 0 saturated carbocycles. The van der Waals surface area contributed by atoms with Crippen molar-refractivity contribution in [2.75, 3.05) is 0 Å². The van der Waals surface area contributed by atoms with Crippen molar-refractivity contribution in [3.8, 4) is 0 Å². The molecule has 0 saturated heterocycles. The molecule has 0 radical (unpaired) electrons. The number of rotatable bonds is 9. The lowest BCUT2D eigenvalue weighted by Gasteiger charge is -2.15. The number of aromatic nitrogens is 2. The Morgan fingerprint density at radius 1 is 1.13 bits per heavy atom. The standard InChI is InChI=1S/C24H25ClN2O2.ClH/c1-2-3-13-23-26-16-22(27(23)17-19-11-7-8-12-21(19)25)20(15-24(28)29)14-18-9-5-4-6-10-18;/h4-12,15-16H,2-3,13-14,17H2,1H3,(H,28,29);1H. The van der Waals surface area contributed by atoms with Crippen LogP contribution in [0.3, 0.4) is 0 Å². The topological polar surface area (TPSA) is 55.1 Å². The molecule has 0 aliphatic rings. The maximum Gasteiger partial charge on any atom is 0.328 e. The zero-order chi connectivity index (χ0) is 20.6. The molecule has 0 unspecified atom stereocenters. The van der Waals surface area contributed by atoms with Gasteiger partial charge in [0.25, 0.3) is 0 Å². The molecule has 1 aromatic heterocycles. The van der Waals surface area contributed by atoms with Crippen LogP contribution in [0.25, 0.3) is 5.57 Å². The summed E-state index contributed by atoms with van der Waals surface area (Å²) in [4.78, 5) is 16.2. The molecule has 1 heterocycles. The summed E-state index contributed by atoms with van der Waals surface area (Å²) < 4.78 is 2.11. The Labute approximate surface area is 188 Å². The molecule has 30 heavy (non-hydrogen) atoms. The molecule has 158 valence electrons. The van der Waals surface area contributed by atoms with Crippen molar-refractivity contribution in [2.45, 2.75) is 39.2 Å². The fourth-order valence-corrected chi connectivity index (χ4v) is 3.55. The number of benzene rings is 2. The van der Waals surface area contributed by atoms with Gasteiger partial charge >= 0.3 is 5.97 Å². The van der Waals surface area contributed by atoms with E-state index in [2.05, 4.69) is 16.5 Å². The molecule has 0 bridgehead atoms. The van der Waals surface area contributed by atoms with Crippen LogP contribution in [-0.2, 0) is 24.2 Å². The number of aryl methyl sites for hydroxylation is 1. The predicted molar refractivity (Wildman–Crippen MR) is 124 cm³/mol. The van der Waals surface area contributed by atoms with Crippen molar-refractivity contribution in [2.24, 2.45) is 0 Å². The molecular formula is C24H26Cl2N2O2. The predicted octanol–water partition coefficient (Wildman–Crippen LogP) is 6.06. The van der Waals surface area contributed by atoms with Crippen molar-refractivity contribution in [3.63, 3.8) is 0 Å². The summed E-state index contributed by atoms with van der Waals surface area (Å²) in [5, 5.41) is 10.2. The van der Waals surface area contributed by atoms with E-state index in [-0.39, 0.29) is 12.4 Å². The number of halogens is 2. The minimum atomic E-state index is -0.962. The molecule has 0 aliphatic carbocycles. The highest BCUT2D eigenvalue weighted by Gasteiger charge is 2.16. The quantitative estimate of drug-likeness (QED) is 0.408. The van der Waals surface area contributed by atoms with E-state index in [0.717, 1.165) is 47.5 Å². The monoisotopic (exact) mass is 444 g/mol. The zero-order valence-corrected chi connectivity index (χ0v) is 18.5. The first-order valence-corrected chi connectivity index (χ1v) is 10.2. The number of unbranched alkanes of at least 4 members (excludes halogenated alkanes) is 1. The number of imidazole rings is 1. The lowest BCUT2D eigenvalue weighted by Crippen LogP contribution is -2.10. The number of carboxylic acids is 1. The van der Waals surface area contributed by atoms with Crippen LogP contribution < -0.4 is 0 Å². The fourth-order valence-electron chi connectivity index (χ4n) is 3.36. The van der Waals surface area contributed by atoms with E-state index in [9.17, 15) is 9.90 Å². The average molecular weight is 445 g/mol. The molecule has 6 heteroatoms. The molecule has 2 aromatic carbocycles. The van der Waals surface area contributed by atoms with Crippen molar-refractivity contribution >= 4 is 35.6 Å². The molecule has 4 nitrogen and oxygen atoms in total. The Bertz CT molecular complexity index is 997. The largest absolute Gasteiger partial charge is 0.478 e. The van der Waals surface area contributed by atoms with Gasteiger partial charge in [0.2, 0.25) is 0 Å². The summed E-state index contributed by atoms with van der Waals surface area (Å²) in [6.45, 7) is 2.70. The van der Waals surface area contributed by atoms with Crippen LogP contribution in [0.15, 0.2) is 66.9 Å². The van der Waals surface area contributed by atoms with E-state index in [1.807, 2.05) is 54.6 Å². The summed E-state index contributed by atoms with van der Waals surface area (Å²) in [6, 6.07) is 17.6. The molecule has 3 aromatic rings. The highest BCUT2D eigenvalue weighted by Crippen LogP contribution is 2.25. The third-order valence-corrected chi connectivity index (χ3v) is 5.21. The summed E-state index contributed by atoms with van der Waals surface area (Å²) in [5.74, 6) is -0.0114. The van der Waals surface area contributed by atoms with Crippen LogP contribution in [0.2, 0.25) is 5.02 Å². The van der Waals surface area contributed by atoms with Crippen LogP contribution in [0.4, 0.5) is 0 Å². The Balaban J connectivity index is 0.00000320. The number of allylic oxidation sites excluding steroid dienone is 1. The van der Waals surface area contributed by atoms with Crippen molar-refractivity contribution < 1.29 is 9.90 Å². The highest BCUT2D eigenvalue weighted by atomic mass is 35.5. The number of nitrogens with zero attached hydrogens (tertiary/aromatic N) is 2. The molecule has 0 aliphatic heterocycles. The molecule has 0 spiro atoms. The van der Waals surface area contributed by atoms with Gasteiger partial charge in [0.15, 0.2) is 0 Å². The Morgan fingerprint density at radius 3 is 2.50 bits per heavy atom. The Morgan fingerprint density at radius 2 is 1.83 bits per heavy atom. The SMILES string of the molecule is CCCCc1ncc(C(=CC(=O)O)Cc2ccccc2)n1Cc1ccccc1Cl.Cl. The van der Waals surface area contributed by atoms with Crippen LogP contribution in [0.5, 0.6) is 0 Å². The van der Waals surface area contributed by atoms with Gasteiger partial charge in [0, 0.05) is 17.5 Å². The van der Waals surface area contributed by atoms with Crippen molar-refractivity contribution in [3.05, 3.63) is 94.5 Å². The second kappa shape index (κ2) is 11.6. The van der Waals surface area contributed by atoms with Gasteiger partial charge in [-0.05, 0) is 35.6 Å². The zero-order valence-electron chi connectivity index (χ0n) is 16.9. The van der Waals surface area contributed by atoms with E-state index in [0.29, 0.717) is 18.0 Å². The minimum Gasteiger partial charge on any atom is -0.478 e. The molecule has 0 atom stereocenters. The Hall–Kier alpha value is -2.56. The van der Waals surface area contributed by atoms with Gasteiger partial charge in [0.1, 0.15) is 5.82 Å². The third kappa shape index (κ3) is 6.22. The summed E-state index contributed by atoms with van der Waals surface area (Å²) in [6.07, 6.45) is 6.53. The second-order valence-electron chi connectivity index (χ2n) is 7.01. The van der Waals surface area contributed by atoms with Crippen LogP contribution in [0, 0.1) is 0 Å². The number of carbonyl (C=O) groups is 1. The fraction of sp³-hybridized carbons (Fsp3) is 0.250. The van der Waals surface area contributed by atoms with E-state index in [4.69, 9.17) is 11.6 Å². The molecule has 3 rings (SSSR count). The normalized spacial score (nSPS) is 11.2. The number of hydrogen-bond acceptors (Lipinski definition) is 2. The minimum absolute atomic E-state index is 0. The van der Waals surface area contributed by atoms with Gasteiger partial charge in [-0.1, -0.05) is 73.5 Å². The van der Waals surface area contributed by atoms with Crippen molar-refractivity contribution in [1.82, 2.24) is 9.55 Å². The average Bonchev–Trinajstić information content (AvgIpc) is 3.10. The van der Waals surface area contributed by atoms with Gasteiger partial charge in [-0.15, -0.1) is 12.4 Å². The third-order valence-electron chi connectivity index (χ3n) is 4.84. The van der Waals surface area contributed by atoms with Crippen LogP contribution in [-0.4, -0.2) is 20.6 Å². The molecule has 0 fully saturated rings. The molecule has 1 N–H and O–H groups in total. The van der Waals surface area contributed by atoms with E-state index in [1.54, 1.807) is 6.20 Å². The number of hydrogen-bond donors (Lipinski definition) is 1. The van der Waals surface area contributed by atoms with E-state index < -0.39 is 5.97 Å². The highest BCUT2D eigenvalue weighted by molar-refractivity contribution is 6.31. The summed E-state index contributed by atoms with van der Waals surface area (Å²) in [5.41, 5.74) is 3.59. The van der Waals surface area contributed by atoms with Crippen molar-refractivity contribution in [1.29, 1.82) is 0 Å². The van der Waals surface area contributed by atoms with E-state index >= 15 is 0 Å². The lowest BCUT2D eigenvalue weighted by molar-refractivity contribution is -0.131. The second-order valence-corrected chi connectivity index (χ2v) is 7.42. The Kier molecular flexibility index (Phi) is 9.15. The van der Waals surface area contributed by atoms with Crippen LogP contribution >= 0.6 is 24.0 Å². The summed E-state index contributed by atoms with van der Waals surface area (Å²) in [7, 11) is 0. The van der Waals surface area contributed by atoms with Gasteiger partial charge in [-0.2, -0.15) is 0 Å². The smallest absolute Gasteiger partial charge is 0.328 e. The maximum absolute atomic E-state index is 11.5. The summed E-state index contributed by atoms with van der Waals surface area (Å²) >= 11 is 6.40. The first-order chi connectivity index (χ1) is 14.1.